The van der Waals surface area contributed by atoms with Gasteiger partial charge in [-0.3, -0.25) is 9.59 Å². The Kier molecular flexibility index (Phi) is 6.09. The lowest BCUT2D eigenvalue weighted by Crippen LogP contribution is -2.30. The second-order valence-electron chi connectivity index (χ2n) is 3.43. The molecule has 0 aliphatic rings. The molecule has 0 unspecified atom stereocenters. The van der Waals surface area contributed by atoms with Crippen LogP contribution in [0.4, 0.5) is 0 Å². The van der Waals surface area contributed by atoms with E-state index < -0.39 is 0 Å². The summed E-state index contributed by atoms with van der Waals surface area (Å²) in [5, 5.41) is 5.35. The largest absolute Gasteiger partial charge is 0.352 e. The van der Waals surface area contributed by atoms with Gasteiger partial charge in [0.25, 0.3) is 0 Å². The Morgan fingerprint density at radius 1 is 0.933 bits per heavy atom. The van der Waals surface area contributed by atoms with Crippen LogP contribution in [0.1, 0.15) is 20.3 Å². The van der Waals surface area contributed by atoms with Crippen LogP contribution in [-0.4, -0.2) is 24.9 Å². The molecule has 0 saturated carbocycles. The molecular formula is C11H18N2O2. The van der Waals surface area contributed by atoms with Crippen LogP contribution < -0.4 is 10.6 Å². The summed E-state index contributed by atoms with van der Waals surface area (Å²) in [4.78, 5) is 22.1. The van der Waals surface area contributed by atoms with Gasteiger partial charge in [0.2, 0.25) is 11.8 Å². The molecular weight excluding hydrogens is 192 g/mol. The van der Waals surface area contributed by atoms with Gasteiger partial charge in [-0.15, -0.1) is 0 Å². The Bertz CT molecular complexity index is 254. The fourth-order valence-corrected chi connectivity index (χ4v) is 0.794. The van der Waals surface area contributed by atoms with E-state index in [1.807, 2.05) is 0 Å². The second-order valence-corrected chi connectivity index (χ2v) is 3.43. The molecule has 15 heavy (non-hydrogen) atoms. The Morgan fingerprint density at radius 2 is 1.27 bits per heavy atom. The van der Waals surface area contributed by atoms with Gasteiger partial charge in [0.05, 0.1) is 0 Å². The fraction of sp³-hybridized carbons (Fsp3) is 0.455. The van der Waals surface area contributed by atoms with Crippen LogP contribution in [0, 0.1) is 0 Å². The van der Waals surface area contributed by atoms with E-state index in [0.717, 1.165) is 0 Å². The van der Waals surface area contributed by atoms with Crippen molar-refractivity contribution in [2.24, 2.45) is 0 Å². The van der Waals surface area contributed by atoms with Crippen molar-refractivity contribution in [2.45, 2.75) is 20.3 Å². The minimum Gasteiger partial charge on any atom is -0.352 e. The van der Waals surface area contributed by atoms with E-state index in [9.17, 15) is 9.59 Å². The van der Waals surface area contributed by atoms with Crippen LogP contribution >= 0.6 is 0 Å². The summed E-state index contributed by atoms with van der Waals surface area (Å²) >= 11 is 0. The van der Waals surface area contributed by atoms with Crippen molar-refractivity contribution >= 4 is 11.8 Å². The van der Waals surface area contributed by atoms with Crippen molar-refractivity contribution in [1.29, 1.82) is 0 Å². The highest BCUT2D eigenvalue weighted by atomic mass is 16.2. The number of amides is 2. The number of hydrogen-bond acceptors (Lipinski definition) is 2. The summed E-state index contributed by atoms with van der Waals surface area (Å²) in [6, 6.07) is 0. The van der Waals surface area contributed by atoms with Crippen molar-refractivity contribution in [3.63, 3.8) is 0 Å². The van der Waals surface area contributed by atoms with E-state index in [1.165, 1.54) is 0 Å². The van der Waals surface area contributed by atoms with Gasteiger partial charge >= 0.3 is 0 Å². The summed E-state index contributed by atoms with van der Waals surface area (Å²) in [6.45, 7) is 11.4. The molecule has 0 saturated heterocycles. The third-order valence-electron chi connectivity index (χ3n) is 1.70. The maximum Gasteiger partial charge on any atom is 0.246 e. The molecule has 0 aromatic rings. The molecule has 0 aliphatic carbocycles. The molecule has 0 atom stereocenters. The zero-order chi connectivity index (χ0) is 11.8. The van der Waals surface area contributed by atoms with E-state index in [2.05, 4.69) is 23.8 Å². The number of hydrogen-bond donors (Lipinski definition) is 2. The Morgan fingerprint density at radius 3 is 1.53 bits per heavy atom. The average Bonchev–Trinajstić information content (AvgIpc) is 2.16. The summed E-state index contributed by atoms with van der Waals surface area (Å²) in [7, 11) is 0. The third-order valence-corrected chi connectivity index (χ3v) is 1.70. The normalized spacial score (nSPS) is 9.20. The van der Waals surface area contributed by atoms with E-state index in [1.54, 1.807) is 13.8 Å². The summed E-state index contributed by atoms with van der Waals surface area (Å²) < 4.78 is 0. The molecule has 0 aromatic heterocycles. The molecule has 2 N–H and O–H groups in total. The molecule has 0 rings (SSSR count). The van der Waals surface area contributed by atoms with Crippen LogP contribution in [0.2, 0.25) is 0 Å². The van der Waals surface area contributed by atoms with Gasteiger partial charge in [-0.25, -0.2) is 0 Å². The highest BCUT2D eigenvalue weighted by Crippen LogP contribution is 1.87. The highest BCUT2D eigenvalue weighted by Gasteiger charge is 2.01. The Labute approximate surface area is 90.4 Å². The van der Waals surface area contributed by atoms with Gasteiger partial charge in [0.1, 0.15) is 0 Å². The predicted octanol–water partition coefficient (Wildman–Crippen LogP) is 0.761. The smallest absolute Gasteiger partial charge is 0.246 e. The highest BCUT2D eigenvalue weighted by molar-refractivity contribution is 5.92. The van der Waals surface area contributed by atoms with Crippen molar-refractivity contribution in [1.82, 2.24) is 10.6 Å². The number of nitrogens with one attached hydrogen (secondary N) is 2. The summed E-state index contributed by atoms with van der Waals surface area (Å²) in [5.41, 5.74) is 0.974. The van der Waals surface area contributed by atoms with Crippen LogP contribution in [0.15, 0.2) is 24.3 Å². The molecule has 0 bridgehead atoms. The zero-order valence-electron chi connectivity index (χ0n) is 9.35. The van der Waals surface area contributed by atoms with Crippen molar-refractivity contribution < 1.29 is 9.59 Å². The Hall–Kier alpha value is -1.58. The first-order valence-corrected chi connectivity index (χ1v) is 4.82. The van der Waals surface area contributed by atoms with E-state index >= 15 is 0 Å². The first kappa shape index (κ1) is 13.4. The quantitative estimate of drug-likeness (QED) is 0.502. The van der Waals surface area contributed by atoms with E-state index in [0.29, 0.717) is 30.7 Å². The molecule has 0 fully saturated rings. The lowest BCUT2D eigenvalue weighted by atomic mass is 10.3. The van der Waals surface area contributed by atoms with Gasteiger partial charge in [-0.2, -0.15) is 0 Å². The maximum atomic E-state index is 11.0. The first-order chi connectivity index (χ1) is 6.95. The standard InChI is InChI=1S/C11H18N2O2/c1-8(2)10(14)12-6-5-7-13-11(15)9(3)4/h1,3,5-7H2,2,4H3,(H,12,14)(H,13,15). The molecule has 0 aromatic carbocycles. The summed E-state index contributed by atoms with van der Waals surface area (Å²) in [5.74, 6) is -0.303. The monoisotopic (exact) mass is 210 g/mol. The molecule has 0 radical (unpaired) electrons. The van der Waals surface area contributed by atoms with Crippen LogP contribution in [0.25, 0.3) is 0 Å². The van der Waals surface area contributed by atoms with Crippen molar-refractivity contribution in [3.8, 4) is 0 Å². The first-order valence-electron chi connectivity index (χ1n) is 4.82. The van der Waals surface area contributed by atoms with Crippen LogP contribution in [-0.2, 0) is 9.59 Å². The second kappa shape index (κ2) is 6.81. The SMILES string of the molecule is C=C(C)C(=O)NCCCNC(=O)C(=C)C. The maximum absolute atomic E-state index is 11.0. The van der Waals surface area contributed by atoms with Gasteiger partial charge in [-0.1, -0.05) is 13.2 Å². The topological polar surface area (TPSA) is 58.2 Å². The predicted molar refractivity (Wildman–Crippen MR) is 60.3 cm³/mol. The molecule has 84 valence electrons. The number of carbonyl (C=O) groups is 2. The van der Waals surface area contributed by atoms with Gasteiger partial charge in [0, 0.05) is 24.2 Å². The van der Waals surface area contributed by atoms with Gasteiger partial charge < -0.3 is 10.6 Å². The van der Waals surface area contributed by atoms with Gasteiger partial charge in [0.15, 0.2) is 0 Å². The molecule has 4 nitrogen and oxygen atoms in total. The third kappa shape index (κ3) is 6.49. The van der Waals surface area contributed by atoms with Crippen LogP contribution in [0.3, 0.4) is 0 Å². The van der Waals surface area contributed by atoms with Gasteiger partial charge in [-0.05, 0) is 20.3 Å². The fourth-order valence-electron chi connectivity index (χ4n) is 0.794. The number of rotatable bonds is 6. The summed E-state index contributed by atoms with van der Waals surface area (Å²) in [6.07, 6.45) is 0.693. The zero-order valence-corrected chi connectivity index (χ0v) is 9.35. The van der Waals surface area contributed by atoms with E-state index in [-0.39, 0.29) is 11.8 Å². The lowest BCUT2D eigenvalue weighted by Gasteiger charge is -2.06. The molecule has 2 amide bonds. The van der Waals surface area contributed by atoms with Crippen molar-refractivity contribution in [3.05, 3.63) is 24.3 Å². The minimum atomic E-state index is -0.152. The molecule has 4 heteroatoms. The molecule has 0 heterocycles. The molecule has 0 aliphatic heterocycles. The average molecular weight is 210 g/mol. The molecule has 0 spiro atoms. The number of carbonyl (C=O) groups excluding carboxylic acids is 2. The van der Waals surface area contributed by atoms with Crippen LogP contribution in [0.5, 0.6) is 0 Å². The lowest BCUT2D eigenvalue weighted by molar-refractivity contribution is -0.117. The Balaban J connectivity index is 3.48. The van der Waals surface area contributed by atoms with Crippen molar-refractivity contribution in [2.75, 3.05) is 13.1 Å². The minimum absolute atomic E-state index is 0.152. The van der Waals surface area contributed by atoms with E-state index in [4.69, 9.17) is 0 Å².